The lowest BCUT2D eigenvalue weighted by atomic mass is 9.89. The highest BCUT2D eigenvalue weighted by atomic mass is 16.5. The van der Waals surface area contributed by atoms with Crippen molar-refractivity contribution in [2.24, 2.45) is 0 Å². The molecule has 0 saturated heterocycles. The van der Waals surface area contributed by atoms with Crippen molar-refractivity contribution >= 4 is 11.9 Å². The molecule has 2 N–H and O–H groups in total. The summed E-state index contributed by atoms with van der Waals surface area (Å²) in [6, 6.07) is 16.1. The second-order valence-corrected chi connectivity index (χ2v) is 6.34. The van der Waals surface area contributed by atoms with Crippen LogP contribution in [-0.4, -0.2) is 42.1 Å². The van der Waals surface area contributed by atoms with Gasteiger partial charge in [-0.05, 0) is 35.2 Å². The Balaban J connectivity index is 1.84. The van der Waals surface area contributed by atoms with Crippen LogP contribution >= 0.6 is 0 Å². The molecule has 0 aromatic heterocycles. The van der Waals surface area contributed by atoms with Gasteiger partial charge in [-0.15, -0.1) is 0 Å². The highest BCUT2D eigenvalue weighted by molar-refractivity contribution is 5.82. The third kappa shape index (κ3) is 4.21. The molecule has 1 atom stereocenters. The molecule has 2 aromatic carbocycles. The van der Waals surface area contributed by atoms with Crippen LogP contribution in [0.15, 0.2) is 48.5 Å². The molecule has 0 saturated carbocycles. The van der Waals surface area contributed by atoms with E-state index in [1.165, 1.54) is 5.56 Å². The average molecular weight is 354 g/mol. The zero-order chi connectivity index (χ0) is 18.5. The van der Waals surface area contributed by atoms with Gasteiger partial charge in [0.15, 0.2) is 0 Å². The van der Waals surface area contributed by atoms with Crippen molar-refractivity contribution in [2.45, 2.75) is 19.0 Å². The molecule has 0 radical (unpaired) electrons. The van der Waals surface area contributed by atoms with Crippen LogP contribution in [-0.2, 0) is 22.6 Å². The SMILES string of the molecule is COc1ccc2c(c1)CN(CC(=O)NCC(=O)O)C(c1ccccc1)C2. The van der Waals surface area contributed by atoms with Crippen LogP contribution in [0, 0.1) is 0 Å². The number of benzene rings is 2. The number of methoxy groups -OCH3 is 1. The summed E-state index contributed by atoms with van der Waals surface area (Å²) in [5.41, 5.74) is 3.50. The summed E-state index contributed by atoms with van der Waals surface area (Å²) in [5.74, 6) is -0.552. The minimum Gasteiger partial charge on any atom is -0.497 e. The largest absolute Gasteiger partial charge is 0.497 e. The van der Waals surface area contributed by atoms with Crippen LogP contribution in [0.5, 0.6) is 5.75 Å². The lowest BCUT2D eigenvalue weighted by molar-refractivity contribution is -0.138. The van der Waals surface area contributed by atoms with Crippen LogP contribution < -0.4 is 10.1 Å². The third-order valence-electron chi connectivity index (χ3n) is 4.61. The Morgan fingerprint density at radius 2 is 1.96 bits per heavy atom. The van der Waals surface area contributed by atoms with Crippen molar-refractivity contribution in [1.29, 1.82) is 0 Å². The fraction of sp³-hybridized carbons (Fsp3) is 0.300. The summed E-state index contributed by atoms with van der Waals surface area (Å²) in [6.45, 7) is 0.378. The maximum atomic E-state index is 12.2. The highest BCUT2D eigenvalue weighted by Crippen LogP contribution is 2.34. The van der Waals surface area contributed by atoms with Gasteiger partial charge in [0.25, 0.3) is 0 Å². The number of fused-ring (bicyclic) bond motifs is 1. The number of aliphatic carboxylic acids is 1. The predicted molar refractivity (Wildman–Crippen MR) is 96.9 cm³/mol. The zero-order valence-electron chi connectivity index (χ0n) is 14.6. The van der Waals surface area contributed by atoms with Crippen LogP contribution in [0.3, 0.4) is 0 Å². The first kappa shape index (κ1) is 17.9. The molecule has 1 amide bonds. The van der Waals surface area contributed by atoms with E-state index in [0.717, 1.165) is 23.3 Å². The van der Waals surface area contributed by atoms with Gasteiger partial charge in [-0.1, -0.05) is 36.4 Å². The number of nitrogens with zero attached hydrogens (tertiary/aromatic N) is 1. The fourth-order valence-electron chi connectivity index (χ4n) is 3.33. The molecule has 1 aliphatic rings. The molecule has 0 fully saturated rings. The first-order valence-corrected chi connectivity index (χ1v) is 8.50. The van der Waals surface area contributed by atoms with Crippen LogP contribution in [0.2, 0.25) is 0 Å². The summed E-state index contributed by atoms with van der Waals surface area (Å²) in [4.78, 5) is 24.9. The van der Waals surface area contributed by atoms with Crippen molar-refractivity contribution in [1.82, 2.24) is 10.2 Å². The molecule has 0 aliphatic carbocycles. The normalized spacial score (nSPS) is 16.6. The number of carbonyl (C=O) groups excluding carboxylic acids is 1. The standard InChI is InChI=1S/C20H22N2O4/c1-26-17-8-7-15-10-18(14-5-3-2-4-6-14)22(12-16(15)9-17)13-19(23)21-11-20(24)25/h2-9,18H,10-13H2,1H3,(H,21,23)(H,24,25). The van der Waals surface area contributed by atoms with Crippen molar-refractivity contribution in [2.75, 3.05) is 20.2 Å². The number of amides is 1. The van der Waals surface area contributed by atoms with E-state index in [-0.39, 0.29) is 25.0 Å². The zero-order valence-corrected chi connectivity index (χ0v) is 14.6. The fourth-order valence-corrected chi connectivity index (χ4v) is 3.33. The van der Waals surface area contributed by atoms with Gasteiger partial charge in [0, 0.05) is 12.6 Å². The van der Waals surface area contributed by atoms with E-state index in [1.807, 2.05) is 30.3 Å². The first-order valence-electron chi connectivity index (χ1n) is 8.50. The van der Waals surface area contributed by atoms with Gasteiger partial charge in [-0.3, -0.25) is 14.5 Å². The number of rotatable bonds is 6. The van der Waals surface area contributed by atoms with Crippen LogP contribution in [0.4, 0.5) is 0 Å². The molecule has 6 heteroatoms. The molecule has 2 aromatic rings. The van der Waals surface area contributed by atoms with Crippen molar-refractivity contribution < 1.29 is 19.4 Å². The number of carboxylic acid groups (broad SMARTS) is 1. The number of hydrogen-bond acceptors (Lipinski definition) is 4. The Kier molecular flexibility index (Phi) is 5.53. The Labute approximate surface area is 152 Å². The Bertz CT molecular complexity index is 792. The number of carboxylic acids is 1. The minimum absolute atomic E-state index is 0.0627. The predicted octanol–water partition coefficient (Wildman–Crippen LogP) is 2.00. The molecule has 1 aliphatic heterocycles. The topological polar surface area (TPSA) is 78.9 Å². The second-order valence-electron chi connectivity index (χ2n) is 6.34. The van der Waals surface area contributed by atoms with E-state index in [1.54, 1.807) is 7.11 Å². The van der Waals surface area contributed by atoms with Gasteiger partial charge in [0.05, 0.1) is 13.7 Å². The highest BCUT2D eigenvalue weighted by Gasteiger charge is 2.29. The minimum atomic E-state index is -1.05. The van der Waals surface area contributed by atoms with Gasteiger partial charge in [0.1, 0.15) is 12.3 Å². The monoisotopic (exact) mass is 354 g/mol. The summed E-state index contributed by atoms with van der Waals surface area (Å²) in [5, 5.41) is 11.2. The van der Waals surface area contributed by atoms with Gasteiger partial charge >= 0.3 is 5.97 Å². The Hall–Kier alpha value is -2.86. The maximum absolute atomic E-state index is 12.2. The van der Waals surface area contributed by atoms with Crippen LogP contribution in [0.1, 0.15) is 22.7 Å². The second kappa shape index (κ2) is 8.01. The molecular formula is C20H22N2O4. The third-order valence-corrected chi connectivity index (χ3v) is 4.61. The van der Waals surface area contributed by atoms with E-state index in [9.17, 15) is 9.59 Å². The van der Waals surface area contributed by atoms with Crippen molar-refractivity contribution in [3.8, 4) is 5.75 Å². The summed E-state index contributed by atoms with van der Waals surface area (Å²) >= 11 is 0. The lowest BCUT2D eigenvalue weighted by Gasteiger charge is -2.37. The van der Waals surface area contributed by atoms with Crippen LogP contribution in [0.25, 0.3) is 0 Å². The quantitative estimate of drug-likeness (QED) is 0.829. The molecule has 1 unspecified atom stereocenters. The van der Waals surface area contributed by atoms with E-state index in [0.29, 0.717) is 6.54 Å². The first-order chi connectivity index (χ1) is 12.6. The lowest BCUT2D eigenvalue weighted by Crippen LogP contribution is -2.42. The molecule has 0 spiro atoms. The average Bonchev–Trinajstić information content (AvgIpc) is 2.66. The van der Waals surface area contributed by atoms with E-state index in [2.05, 4.69) is 28.4 Å². The molecule has 6 nitrogen and oxygen atoms in total. The van der Waals surface area contributed by atoms with Gasteiger partial charge in [0.2, 0.25) is 5.91 Å². The van der Waals surface area contributed by atoms with Gasteiger partial charge < -0.3 is 15.2 Å². The Morgan fingerprint density at radius 1 is 1.19 bits per heavy atom. The van der Waals surface area contributed by atoms with Gasteiger partial charge in [-0.2, -0.15) is 0 Å². The van der Waals surface area contributed by atoms with Crippen molar-refractivity contribution in [3.05, 3.63) is 65.2 Å². The van der Waals surface area contributed by atoms with E-state index < -0.39 is 5.97 Å². The molecule has 3 rings (SSSR count). The Morgan fingerprint density at radius 3 is 2.65 bits per heavy atom. The number of carbonyl (C=O) groups is 2. The van der Waals surface area contributed by atoms with Gasteiger partial charge in [-0.25, -0.2) is 0 Å². The summed E-state index contributed by atoms with van der Waals surface area (Å²) in [6.07, 6.45) is 0.787. The smallest absolute Gasteiger partial charge is 0.322 e. The van der Waals surface area contributed by atoms with Crippen molar-refractivity contribution in [3.63, 3.8) is 0 Å². The molecule has 0 bridgehead atoms. The summed E-state index contributed by atoms with van der Waals surface area (Å²) in [7, 11) is 1.63. The van der Waals surface area contributed by atoms with E-state index in [4.69, 9.17) is 9.84 Å². The number of nitrogens with one attached hydrogen (secondary N) is 1. The molecule has 26 heavy (non-hydrogen) atoms. The number of ether oxygens (including phenoxy) is 1. The number of hydrogen-bond donors (Lipinski definition) is 2. The molecular weight excluding hydrogens is 332 g/mol. The maximum Gasteiger partial charge on any atom is 0.322 e. The summed E-state index contributed by atoms with van der Waals surface area (Å²) < 4.78 is 5.31. The molecule has 136 valence electrons. The van der Waals surface area contributed by atoms with E-state index >= 15 is 0 Å². The molecule has 1 heterocycles.